The maximum atomic E-state index is 11.3. The predicted molar refractivity (Wildman–Crippen MR) is 143 cm³/mol. The van der Waals surface area contributed by atoms with E-state index in [2.05, 4.69) is 48.0 Å². The van der Waals surface area contributed by atoms with E-state index in [4.69, 9.17) is 15.2 Å². The van der Waals surface area contributed by atoms with Gasteiger partial charge in [0.05, 0.1) is 19.9 Å². The van der Waals surface area contributed by atoms with E-state index in [1.54, 1.807) is 14.2 Å². The summed E-state index contributed by atoms with van der Waals surface area (Å²) < 4.78 is 11.0. The fourth-order valence-corrected chi connectivity index (χ4v) is 5.50. The number of benzene rings is 2. The molecule has 1 fully saturated rings. The molecule has 2 heterocycles. The van der Waals surface area contributed by atoms with Gasteiger partial charge in [-0.25, -0.2) is 0 Å². The van der Waals surface area contributed by atoms with Crippen LogP contribution < -0.4 is 15.2 Å². The molecule has 1 saturated heterocycles. The Morgan fingerprint density at radius 2 is 1.83 bits per heavy atom. The number of carbonyl (C=O) groups is 1. The van der Waals surface area contributed by atoms with E-state index < -0.39 is 0 Å². The van der Waals surface area contributed by atoms with E-state index in [-0.39, 0.29) is 5.92 Å². The number of hydrogen-bond acceptors (Lipinski definition) is 5. The molecule has 6 nitrogen and oxygen atoms in total. The molecule has 188 valence electrons. The van der Waals surface area contributed by atoms with Crippen molar-refractivity contribution >= 4 is 17.2 Å². The highest BCUT2D eigenvalue weighted by Crippen LogP contribution is 2.40. The average molecular weight is 478 g/mol. The molecule has 0 saturated carbocycles. The van der Waals surface area contributed by atoms with Gasteiger partial charge in [-0.15, -0.1) is 0 Å². The highest BCUT2D eigenvalue weighted by atomic mass is 16.5. The van der Waals surface area contributed by atoms with Crippen molar-refractivity contribution in [3.05, 3.63) is 47.5 Å². The smallest absolute Gasteiger partial charge is 0.161 e. The van der Waals surface area contributed by atoms with E-state index >= 15 is 0 Å². The number of ether oxygens (including phenoxy) is 2. The number of piperidine rings is 1. The quantitative estimate of drug-likeness (QED) is 0.386. The molecule has 0 radical (unpaired) electrons. The maximum absolute atomic E-state index is 11.3. The zero-order valence-corrected chi connectivity index (χ0v) is 21.5. The van der Waals surface area contributed by atoms with Gasteiger partial charge in [0.2, 0.25) is 0 Å². The number of fused-ring (bicyclic) bond motifs is 1. The van der Waals surface area contributed by atoms with Crippen LogP contribution in [0.1, 0.15) is 56.1 Å². The number of nitrogens with two attached hydrogens (primary N) is 1. The zero-order valence-electron chi connectivity index (χ0n) is 21.5. The van der Waals surface area contributed by atoms with Gasteiger partial charge < -0.3 is 29.9 Å². The summed E-state index contributed by atoms with van der Waals surface area (Å²) in [6.07, 6.45) is 4.07. The monoisotopic (exact) mass is 477 g/mol. The molecule has 6 heteroatoms. The van der Waals surface area contributed by atoms with Crippen molar-refractivity contribution in [1.29, 1.82) is 0 Å². The van der Waals surface area contributed by atoms with Crippen molar-refractivity contribution in [2.75, 3.05) is 40.4 Å². The molecule has 1 aliphatic heterocycles. The van der Waals surface area contributed by atoms with Crippen LogP contribution in [0, 0.1) is 5.92 Å². The SMILES string of the molecule is COc1ccc(-c2[nH]c3ccc(C4CCN(CC(C=O)CCN)CC4)cc3c2C(C)C)cc1OC. The van der Waals surface area contributed by atoms with Crippen LogP contribution in [0.2, 0.25) is 0 Å². The van der Waals surface area contributed by atoms with Crippen LogP contribution in [0.15, 0.2) is 36.4 Å². The minimum atomic E-state index is 0.0522. The zero-order chi connectivity index (χ0) is 24.9. The van der Waals surface area contributed by atoms with E-state index in [1.807, 2.05) is 12.1 Å². The number of methoxy groups -OCH3 is 2. The number of nitrogens with one attached hydrogen (secondary N) is 1. The fourth-order valence-electron chi connectivity index (χ4n) is 5.50. The van der Waals surface area contributed by atoms with Gasteiger partial charge in [0.1, 0.15) is 6.29 Å². The lowest BCUT2D eigenvalue weighted by Gasteiger charge is -2.33. The van der Waals surface area contributed by atoms with Gasteiger partial charge in [-0.3, -0.25) is 0 Å². The van der Waals surface area contributed by atoms with Gasteiger partial charge in [0.25, 0.3) is 0 Å². The summed E-state index contributed by atoms with van der Waals surface area (Å²) in [6, 6.07) is 13.0. The van der Waals surface area contributed by atoms with Crippen LogP contribution >= 0.6 is 0 Å². The number of aldehydes is 1. The second kappa shape index (κ2) is 11.3. The number of carbonyl (C=O) groups excluding carboxylic acids is 1. The predicted octanol–water partition coefficient (Wildman–Crippen LogP) is 5.32. The number of H-pyrrole nitrogens is 1. The summed E-state index contributed by atoms with van der Waals surface area (Å²) in [5, 5.41) is 1.30. The van der Waals surface area contributed by atoms with Crippen LogP contribution in [0.5, 0.6) is 11.5 Å². The van der Waals surface area contributed by atoms with E-state index in [0.29, 0.717) is 18.4 Å². The van der Waals surface area contributed by atoms with Crippen molar-refractivity contribution in [1.82, 2.24) is 9.88 Å². The lowest BCUT2D eigenvalue weighted by atomic mass is 9.87. The summed E-state index contributed by atoms with van der Waals surface area (Å²) in [7, 11) is 3.33. The third-order valence-electron chi connectivity index (χ3n) is 7.39. The van der Waals surface area contributed by atoms with E-state index in [0.717, 1.165) is 73.5 Å². The first-order chi connectivity index (χ1) is 17.0. The van der Waals surface area contributed by atoms with Crippen LogP contribution in [0.25, 0.3) is 22.2 Å². The van der Waals surface area contributed by atoms with Crippen molar-refractivity contribution in [2.24, 2.45) is 11.7 Å². The average Bonchev–Trinajstić information content (AvgIpc) is 3.27. The number of hydrogen-bond donors (Lipinski definition) is 2. The number of likely N-dealkylation sites (tertiary alicyclic amines) is 1. The summed E-state index contributed by atoms with van der Waals surface area (Å²) in [5.41, 5.74) is 11.8. The number of aromatic nitrogens is 1. The highest BCUT2D eigenvalue weighted by Gasteiger charge is 2.24. The molecule has 4 rings (SSSR count). The molecule has 0 bridgehead atoms. The van der Waals surface area contributed by atoms with Crippen molar-refractivity contribution < 1.29 is 14.3 Å². The van der Waals surface area contributed by atoms with Crippen LogP contribution in [-0.4, -0.2) is 56.6 Å². The van der Waals surface area contributed by atoms with Gasteiger partial charge in [0, 0.05) is 28.9 Å². The third kappa shape index (κ3) is 5.39. The Bertz CT molecular complexity index is 1150. The molecule has 2 aromatic carbocycles. The Morgan fingerprint density at radius 1 is 1.09 bits per heavy atom. The molecule has 1 aliphatic rings. The van der Waals surface area contributed by atoms with Gasteiger partial charge in [-0.05, 0) is 92.2 Å². The minimum absolute atomic E-state index is 0.0522. The molecule has 3 aromatic rings. The minimum Gasteiger partial charge on any atom is -0.493 e. The van der Waals surface area contributed by atoms with Crippen LogP contribution in [-0.2, 0) is 4.79 Å². The fraction of sp³-hybridized carbons (Fsp3) is 0.483. The summed E-state index contributed by atoms with van der Waals surface area (Å²) in [4.78, 5) is 17.4. The first-order valence-electron chi connectivity index (χ1n) is 12.7. The molecule has 35 heavy (non-hydrogen) atoms. The lowest BCUT2D eigenvalue weighted by molar-refractivity contribution is -0.111. The number of nitrogens with zero attached hydrogens (tertiary/aromatic N) is 1. The van der Waals surface area contributed by atoms with Gasteiger partial charge in [-0.1, -0.05) is 19.9 Å². The largest absolute Gasteiger partial charge is 0.493 e. The molecule has 0 spiro atoms. The molecule has 0 amide bonds. The molecule has 3 N–H and O–H groups in total. The normalized spacial score (nSPS) is 16.1. The van der Waals surface area contributed by atoms with Gasteiger partial charge in [-0.2, -0.15) is 0 Å². The topological polar surface area (TPSA) is 80.6 Å². The Hall–Kier alpha value is -2.83. The van der Waals surface area contributed by atoms with Crippen LogP contribution in [0.4, 0.5) is 0 Å². The van der Waals surface area contributed by atoms with E-state index in [9.17, 15) is 4.79 Å². The molecular formula is C29H39N3O3. The van der Waals surface area contributed by atoms with Crippen molar-refractivity contribution in [2.45, 2.75) is 44.9 Å². The summed E-state index contributed by atoms with van der Waals surface area (Å²) in [5.74, 6) is 2.42. The Labute approximate surface area is 208 Å². The van der Waals surface area contributed by atoms with Crippen molar-refractivity contribution in [3.63, 3.8) is 0 Å². The molecule has 1 aromatic heterocycles. The molecular weight excluding hydrogens is 438 g/mol. The number of aromatic amines is 1. The second-order valence-corrected chi connectivity index (χ2v) is 9.99. The second-order valence-electron chi connectivity index (χ2n) is 9.99. The molecule has 1 atom stereocenters. The van der Waals surface area contributed by atoms with Gasteiger partial charge >= 0.3 is 0 Å². The molecule has 0 aliphatic carbocycles. The highest BCUT2D eigenvalue weighted by molar-refractivity contribution is 5.92. The Kier molecular flexibility index (Phi) is 8.14. The number of rotatable bonds is 10. The Balaban J connectivity index is 1.59. The van der Waals surface area contributed by atoms with Crippen molar-refractivity contribution in [3.8, 4) is 22.8 Å². The first kappa shape index (κ1) is 25.3. The molecule has 1 unspecified atom stereocenters. The lowest BCUT2D eigenvalue weighted by Crippen LogP contribution is -2.37. The summed E-state index contributed by atoms with van der Waals surface area (Å²) in [6.45, 7) is 7.96. The Morgan fingerprint density at radius 3 is 2.46 bits per heavy atom. The standard InChI is InChI=1S/C29H39N3O3/c1-19(2)28-24-15-22(21-10-13-32(14-11-21)17-20(18-33)9-12-30)5-7-25(24)31-29(28)23-6-8-26(34-3)27(16-23)35-4/h5-8,15-16,18-21,31H,9-14,17,30H2,1-4H3. The van der Waals surface area contributed by atoms with E-state index in [1.165, 1.54) is 16.5 Å². The summed E-state index contributed by atoms with van der Waals surface area (Å²) >= 11 is 0. The maximum Gasteiger partial charge on any atom is 0.161 e. The van der Waals surface area contributed by atoms with Gasteiger partial charge in [0.15, 0.2) is 11.5 Å². The first-order valence-corrected chi connectivity index (χ1v) is 12.7. The third-order valence-corrected chi connectivity index (χ3v) is 7.39. The van der Waals surface area contributed by atoms with Crippen LogP contribution in [0.3, 0.4) is 0 Å².